The Labute approximate surface area is 173 Å². The van der Waals surface area contributed by atoms with E-state index in [1.807, 2.05) is 31.2 Å². The van der Waals surface area contributed by atoms with E-state index in [-0.39, 0.29) is 11.7 Å². The van der Waals surface area contributed by atoms with Crippen molar-refractivity contribution in [1.29, 1.82) is 0 Å². The average Bonchev–Trinajstić information content (AvgIpc) is 3.11. The number of nitrogens with zero attached hydrogens (tertiary/aromatic N) is 3. The number of morpholine rings is 1. The summed E-state index contributed by atoms with van der Waals surface area (Å²) in [4.78, 5) is 33.9. The molecule has 30 heavy (non-hydrogen) atoms. The number of rotatable bonds is 5. The molecule has 1 aromatic carbocycles. The normalized spacial score (nSPS) is 13.8. The van der Waals surface area contributed by atoms with E-state index in [9.17, 15) is 9.59 Å². The van der Waals surface area contributed by atoms with Crippen molar-refractivity contribution in [3.05, 3.63) is 70.5 Å². The first-order valence-electron chi connectivity index (χ1n) is 9.81. The molecular weight excluding hydrogens is 384 g/mol. The van der Waals surface area contributed by atoms with Crippen LogP contribution in [0.1, 0.15) is 11.3 Å². The SMILES string of the molecule is Cc1c[nH]c(=O)n1-c1ccccc1NC(=O)NCc1ccnc(N2CCOCC2)c1. The maximum atomic E-state index is 12.5. The van der Waals surface area contributed by atoms with Crippen LogP contribution >= 0.6 is 0 Å². The second-order valence-corrected chi connectivity index (χ2v) is 7.02. The van der Waals surface area contributed by atoms with Crippen LogP contribution < -0.4 is 21.2 Å². The number of aromatic amines is 1. The molecule has 0 radical (unpaired) electrons. The third-order valence-electron chi connectivity index (χ3n) is 4.95. The minimum Gasteiger partial charge on any atom is -0.378 e. The van der Waals surface area contributed by atoms with Gasteiger partial charge in [-0.3, -0.25) is 4.57 Å². The van der Waals surface area contributed by atoms with Crippen molar-refractivity contribution in [3.63, 3.8) is 0 Å². The first-order chi connectivity index (χ1) is 14.6. The molecule has 9 nitrogen and oxygen atoms in total. The fourth-order valence-electron chi connectivity index (χ4n) is 3.41. The van der Waals surface area contributed by atoms with E-state index in [2.05, 4.69) is 25.5 Å². The Morgan fingerprint density at radius 1 is 1.23 bits per heavy atom. The highest BCUT2D eigenvalue weighted by atomic mass is 16.5. The summed E-state index contributed by atoms with van der Waals surface area (Å²) < 4.78 is 6.90. The lowest BCUT2D eigenvalue weighted by Gasteiger charge is -2.28. The van der Waals surface area contributed by atoms with Crippen molar-refractivity contribution < 1.29 is 9.53 Å². The Balaban J connectivity index is 1.42. The summed E-state index contributed by atoms with van der Waals surface area (Å²) in [5.74, 6) is 0.880. The van der Waals surface area contributed by atoms with E-state index < -0.39 is 0 Å². The number of H-pyrrole nitrogens is 1. The fourth-order valence-corrected chi connectivity index (χ4v) is 3.41. The van der Waals surface area contributed by atoms with E-state index in [4.69, 9.17) is 4.74 Å². The van der Waals surface area contributed by atoms with Crippen LogP contribution in [-0.4, -0.2) is 46.9 Å². The molecule has 2 aromatic heterocycles. The number of pyridine rings is 1. The fraction of sp³-hybridized carbons (Fsp3) is 0.286. The molecular formula is C21H24N6O3. The zero-order valence-corrected chi connectivity index (χ0v) is 16.7. The summed E-state index contributed by atoms with van der Waals surface area (Å²) in [6.07, 6.45) is 3.38. The number of ether oxygens (including phenoxy) is 1. The predicted molar refractivity (Wildman–Crippen MR) is 114 cm³/mol. The molecule has 0 unspecified atom stereocenters. The van der Waals surface area contributed by atoms with Gasteiger partial charge in [0.05, 0.1) is 24.6 Å². The van der Waals surface area contributed by atoms with E-state index >= 15 is 0 Å². The number of anilines is 2. The molecule has 0 spiro atoms. The van der Waals surface area contributed by atoms with Crippen molar-refractivity contribution in [3.8, 4) is 5.69 Å². The number of hydrogen-bond donors (Lipinski definition) is 3. The lowest BCUT2D eigenvalue weighted by molar-refractivity contribution is 0.122. The first-order valence-corrected chi connectivity index (χ1v) is 9.81. The van der Waals surface area contributed by atoms with Crippen LogP contribution in [0.2, 0.25) is 0 Å². The van der Waals surface area contributed by atoms with Crippen molar-refractivity contribution >= 4 is 17.5 Å². The number of carbonyl (C=O) groups is 1. The number of amides is 2. The van der Waals surface area contributed by atoms with Crippen LogP contribution in [-0.2, 0) is 11.3 Å². The molecule has 1 fully saturated rings. The predicted octanol–water partition coefficient (Wildman–Crippen LogP) is 2.03. The van der Waals surface area contributed by atoms with Gasteiger partial charge >= 0.3 is 11.7 Å². The molecule has 9 heteroatoms. The molecule has 1 aliphatic rings. The number of benzene rings is 1. The zero-order chi connectivity index (χ0) is 20.9. The van der Waals surface area contributed by atoms with Gasteiger partial charge in [-0.15, -0.1) is 0 Å². The average molecular weight is 408 g/mol. The quantitative estimate of drug-likeness (QED) is 0.599. The second kappa shape index (κ2) is 8.83. The van der Waals surface area contributed by atoms with Crippen molar-refractivity contribution in [2.24, 2.45) is 0 Å². The molecule has 0 saturated carbocycles. The van der Waals surface area contributed by atoms with E-state index in [0.717, 1.165) is 30.2 Å². The number of imidazole rings is 1. The molecule has 156 valence electrons. The number of hydrogen-bond acceptors (Lipinski definition) is 5. The Kier molecular flexibility index (Phi) is 5.80. The summed E-state index contributed by atoms with van der Waals surface area (Å²) in [5.41, 5.74) is 2.60. The van der Waals surface area contributed by atoms with Crippen molar-refractivity contribution in [1.82, 2.24) is 19.9 Å². The number of aromatic nitrogens is 3. The van der Waals surface area contributed by atoms with Crippen LogP contribution in [0, 0.1) is 6.92 Å². The summed E-state index contributed by atoms with van der Waals surface area (Å²) in [6, 6.07) is 10.7. The molecule has 2 amide bonds. The van der Waals surface area contributed by atoms with Gasteiger partial charge in [-0.25, -0.2) is 14.6 Å². The number of nitrogens with one attached hydrogen (secondary N) is 3. The Morgan fingerprint density at radius 3 is 2.80 bits per heavy atom. The molecule has 0 aliphatic carbocycles. The van der Waals surface area contributed by atoms with Crippen LogP contribution in [0.15, 0.2) is 53.6 Å². The molecule has 0 bridgehead atoms. The van der Waals surface area contributed by atoms with Crippen LogP contribution in [0.4, 0.5) is 16.3 Å². The van der Waals surface area contributed by atoms with Gasteiger partial charge in [0.1, 0.15) is 5.82 Å². The van der Waals surface area contributed by atoms with Gasteiger partial charge in [0, 0.05) is 37.7 Å². The lowest BCUT2D eigenvalue weighted by Crippen LogP contribution is -2.36. The Morgan fingerprint density at radius 2 is 2.03 bits per heavy atom. The minimum atomic E-state index is -0.353. The van der Waals surface area contributed by atoms with E-state index in [1.54, 1.807) is 24.5 Å². The maximum absolute atomic E-state index is 12.5. The minimum absolute atomic E-state index is 0.255. The van der Waals surface area contributed by atoms with E-state index in [0.29, 0.717) is 31.1 Å². The molecule has 1 saturated heterocycles. The van der Waals surface area contributed by atoms with Crippen LogP contribution in [0.3, 0.4) is 0 Å². The Hall–Kier alpha value is -3.59. The highest BCUT2D eigenvalue weighted by molar-refractivity contribution is 5.91. The third-order valence-corrected chi connectivity index (χ3v) is 4.95. The highest BCUT2D eigenvalue weighted by Crippen LogP contribution is 2.20. The molecule has 0 atom stereocenters. The lowest BCUT2D eigenvalue weighted by atomic mass is 10.2. The largest absolute Gasteiger partial charge is 0.378 e. The topological polar surface area (TPSA) is 104 Å². The number of carbonyl (C=O) groups excluding carboxylic acids is 1. The zero-order valence-electron chi connectivity index (χ0n) is 16.7. The first kappa shape index (κ1) is 19.7. The summed E-state index contributed by atoms with van der Waals surface area (Å²) >= 11 is 0. The van der Waals surface area contributed by atoms with Gasteiger partial charge in [0.2, 0.25) is 0 Å². The Bertz CT molecular complexity index is 1080. The number of para-hydroxylation sites is 2. The summed E-state index contributed by atoms with van der Waals surface area (Å²) in [7, 11) is 0. The van der Waals surface area contributed by atoms with Gasteiger partial charge in [0.25, 0.3) is 0 Å². The molecule has 3 heterocycles. The van der Waals surface area contributed by atoms with Crippen molar-refractivity contribution in [2.45, 2.75) is 13.5 Å². The van der Waals surface area contributed by atoms with Gasteiger partial charge in [-0.05, 0) is 36.8 Å². The maximum Gasteiger partial charge on any atom is 0.330 e. The summed E-state index contributed by atoms with van der Waals surface area (Å²) in [6.45, 7) is 5.17. The van der Waals surface area contributed by atoms with Gasteiger partial charge < -0.3 is 25.3 Å². The summed E-state index contributed by atoms with van der Waals surface area (Å²) in [5, 5.41) is 5.70. The monoisotopic (exact) mass is 408 g/mol. The number of aryl methyl sites for hydroxylation is 1. The molecule has 1 aliphatic heterocycles. The van der Waals surface area contributed by atoms with Gasteiger partial charge in [-0.2, -0.15) is 0 Å². The van der Waals surface area contributed by atoms with Gasteiger partial charge in [-0.1, -0.05) is 12.1 Å². The smallest absolute Gasteiger partial charge is 0.330 e. The second-order valence-electron chi connectivity index (χ2n) is 7.02. The van der Waals surface area contributed by atoms with E-state index in [1.165, 1.54) is 4.57 Å². The van der Waals surface area contributed by atoms with Gasteiger partial charge in [0.15, 0.2) is 0 Å². The molecule has 4 rings (SSSR count). The van der Waals surface area contributed by atoms with Crippen LogP contribution in [0.5, 0.6) is 0 Å². The van der Waals surface area contributed by atoms with Crippen LogP contribution in [0.25, 0.3) is 5.69 Å². The molecule has 3 aromatic rings. The third kappa shape index (κ3) is 4.36. The molecule has 3 N–H and O–H groups in total. The highest BCUT2D eigenvalue weighted by Gasteiger charge is 2.14. The van der Waals surface area contributed by atoms with Crippen molar-refractivity contribution in [2.75, 3.05) is 36.5 Å². The number of urea groups is 1. The standard InChI is InChI=1S/C21H24N6O3/c1-15-13-24-21(29)27(15)18-5-3-2-4-17(18)25-20(28)23-14-16-6-7-22-19(12-16)26-8-10-30-11-9-26/h2-7,12-13H,8-11,14H2,1H3,(H,24,29)(H2,23,25,28).